The summed E-state index contributed by atoms with van der Waals surface area (Å²) in [5.41, 5.74) is 0. The predicted molar refractivity (Wildman–Crippen MR) is 67.4 cm³/mol. The number of rotatable bonds is 6. The highest BCUT2D eigenvalue weighted by Crippen LogP contribution is 2.19. The molecular formula is C13H26N2O. The van der Waals surface area contributed by atoms with Crippen LogP contribution < -0.4 is 5.32 Å². The molecule has 3 nitrogen and oxygen atoms in total. The maximum Gasteiger partial charge on any atom is 0.219 e. The Bertz CT molecular complexity index is 206. The molecule has 0 aromatic rings. The van der Waals surface area contributed by atoms with Gasteiger partial charge in [-0.1, -0.05) is 20.3 Å². The molecule has 0 aliphatic carbocycles. The van der Waals surface area contributed by atoms with Crippen molar-refractivity contribution in [3.8, 4) is 0 Å². The minimum atomic E-state index is 0.172. The normalized spacial score (nSPS) is 22.0. The standard InChI is InChI=1S/C13H26N2O/c1-3-12-8-5-6-10-15(12)11-7-9-14-13(16)4-2/h12H,3-11H2,1-2H3,(H,14,16)/t12-/m0/s1. The van der Waals surface area contributed by atoms with Crippen LogP contribution in [0.25, 0.3) is 0 Å². The number of hydrogen-bond donors (Lipinski definition) is 1. The van der Waals surface area contributed by atoms with Gasteiger partial charge in [-0.15, -0.1) is 0 Å². The van der Waals surface area contributed by atoms with E-state index in [1.807, 2.05) is 6.92 Å². The van der Waals surface area contributed by atoms with Gasteiger partial charge in [0.2, 0.25) is 5.91 Å². The second-order valence-electron chi connectivity index (χ2n) is 4.65. The Hall–Kier alpha value is -0.570. The average Bonchev–Trinajstić information content (AvgIpc) is 2.34. The zero-order valence-electron chi connectivity index (χ0n) is 10.8. The molecule has 1 atom stereocenters. The highest BCUT2D eigenvalue weighted by atomic mass is 16.1. The van der Waals surface area contributed by atoms with Crippen LogP contribution in [0.15, 0.2) is 0 Å². The van der Waals surface area contributed by atoms with Crippen LogP contribution in [-0.2, 0) is 4.79 Å². The molecular weight excluding hydrogens is 200 g/mol. The van der Waals surface area contributed by atoms with Crippen LogP contribution in [0.5, 0.6) is 0 Å². The number of nitrogens with zero attached hydrogens (tertiary/aromatic N) is 1. The molecule has 0 unspecified atom stereocenters. The molecule has 0 aromatic heterocycles. The first-order valence-electron chi connectivity index (χ1n) is 6.78. The third-order valence-electron chi connectivity index (χ3n) is 3.49. The predicted octanol–water partition coefficient (Wildman–Crippen LogP) is 2.17. The highest BCUT2D eigenvalue weighted by molar-refractivity contribution is 5.75. The Morgan fingerprint density at radius 2 is 2.19 bits per heavy atom. The first kappa shape index (κ1) is 13.5. The Balaban J connectivity index is 2.13. The third kappa shape index (κ3) is 4.52. The summed E-state index contributed by atoms with van der Waals surface area (Å²) in [6, 6.07) is 0.788. The monoisotopic (exact) mass is 226 g/mol. The van der Waals surface area contributed by atoms with Crippen molar-refractivity contribution in [2.24, 2.45) is 0 Å². The van der Waals surface area contributed by atoms with Gasteiger partial charge in [0.1, 0.15) is 0 Å². The summed E-state index contributed by atoms with van der Waals surface area (Å²) in [5.74, 6) is 0.172. The largest absolute Gasteiger partial charge is 0.356 e. The van der Waals surface area contributed by atoms with Gasteiger partial charge in [-0.3, -0.25) is 4.79 Å². The Labute approximate surface area is 99.6 Å². The molecule has 16 heavy (non-hydrogen) atoms. The number of hydrogen-bond acceptors (Lipinski definition) is 2. The molecule has 1 rings (SSSR count). The van der Waals surface area contributed by atoms with E-state index in [0.717, 1.165) is 25.6 Å². The molecule has 1 amide bonds. The number of carbonyl (C=O) groups is 1. The summed E-state index contributed by atoms with van der Waals surface area (Å²) < 4.78 is 0. The van der Waals surface area contributed by atoms with Crippen molar-refractivity contribution in [2.75, 3.05) is 19.6 Å². The van der Waals surface area contributed by atoms with Crippen molar-refractivity contribution in [1.82, 2.24) is 10.2 Å². The van der Waals surface area contributed by atoms with Crippen molar-refractivity contribution in [3.63, 3.8) is 0 Å². The number of likely N-dealkylation sites (tertiary alicyclic amines) is 1. The lowest BCUT2D eigenvalue weighted by Gasteiger charge is -2.35. The van der Waals surface area contributed by atoms with Gasteiger partial charge >= 0.3 is 0 Å². The summed E-state index contributed by atoms with van der Waals surface area (Å²) in [7, 11) is 0. The SMILES string of the molecule is CCC(=O)NCCCN1CCCC[C@@H]1CC. The lowest BCUT2D eigenvalue weighted by molar-refractivity contribution is -0.120. The maximum absolute atomic E-state index is 11.1. The molecule has 1 aliphatic heterocycles. The number of amides is 1. The number of nitrogens with one attached hydrogen (secondary N) is 1. The van der Waals surface area contributed by atoms with Crippen molar-refractivity contribution in [1.29, 1.82) is 0 Å². The van der Waals surface area contributed by atoms with E-state index < -0.39 is 0 Å². The number of piperidine rings is 1. The highest BCUT2D eigenvalue weighted by Gasteiger charge is 2.19. The smallest absolute Gasteiger partial charge is 0.219 e. The summed E-state index contributed by atoms with van der Waals surface area (Å²) in [5, 5.41) is 2.94. The van der Waals surface area contributed by atoms with Crippen LogP contribution in [-0.4, -0.2) is 36.5 Å². The second kappa shape index (κ2) is 7.66. The summed E-state index contributed by atoms with van der Waals surface area (Å²) >= 11 is 0. The van der Waals surface area contributed by atoms with E-state index in [1.54, 1.807) is 0 Å². The molecule has 1 aliphatic rings. The molecule has 94 valence electrons. The van der Waals surface area contributed by atoms with Gasteiger partial charge in [0.05, 0.1) is 0 Å². The van der Waals surface area contributed by atoms with Crippen molar-refractivity contribution < 1.29 is 4.79 Å². The minimum Gasteiger partial charge on any atom is -0.356 e. The van der Waals surface area contributed by atoms with E-state index in [9.17, 15) is 4.79 Å². The fourth-order valence-electron chi connectivity index (χ4n) is 2.45. The molecule has 0 radical (unpaired) electrons. The van der Waals surface area contributed by atoms with Crippen molar-refractivity contribution in [2.45, 2.75) is 58.4 Å². The fourth-order valence-corrected chi connectivity index (χ4v) is 2.45. The van der Waals surface area contributed by atoms with Gasteiger partial charge in [-0.05, 0) is 32.2 Å². The van der Waals surface area contributed by atoms with Crippen molar-refractivity contribution in [3.05, 3.63) is 0 Å². The van der Waals surface area contributed by atoms with Crippen LogP contribution in [0, 0.1) is 0 Å². The maximum atomic E-state index is 11.1. The molecule has 1 fully saturated rings. The molecule has 1 saturated heterocycles. The van der Waals surface area contributed by atoms with Crippen LogP contribution >= 0.6 is 0 Å². The van der Waals surface area contributed by atoms with Crippen LogP contribution in [0.3, 0.4) is 0 Å². The van der Waals surface area contributed by atoms with E-state index >= 15 is 0 Å². The average molecular weight is 226 g/mol. The topological polar surface area (TPSA) is 32.3 Å². The Morgan fingerprint density at radius 3 is 2.88 bits per heavy atom. The van der Waals surface area contributed by atoms with Gasteiger partial charge in [0.15, 0.2) is 0 Å². The molecule has 1 heterocycles. The first-order valence-corrected chi connectivity index (χ1v) is 6.78. The van der Waals surface area contributed by atoms with E-state index in [0.29, 0.717) is 6.42 Å². The quantitative estimate of drug-likeness (QED) is 0.704. The minimum absolute atomic E-state index is 0.172. The van der Waals surface area contributed by atoms with Crippen LogP contribution in [0.2, 0.25) is 0 Å². The second-order valence-corrected chi connectivity index (χ2v) is 4.65. The summed E-state index contributed by atoms with van der Waals surface area (Å²) in [4.78, 5) is 13.7. The molecule has 0 aromatic carbocycles. The van der Waals surface area contributed by atoms with Crippen LogP contribution in [0.4, 0.5) is 0 Å². The summed E-state index contributed by atoms with van der Waals surface area (Å²) in [6.07, 6.45) is 7.04. The molecule has 0 saturated carbocycles. The zero-order valence-corrected chi connectivity index (χ0v) is 10.8. The van der Waals surface area contributed by atoms with E-state index in [-0.39, 0.29) is 5.91 Å². The fraction of sp³-hybridized carbons (Fsp3) is 0.923. The van der Waals surface area contributed by atoms with E-state index in [1.165, 1.54) is 32.2 Å². The van der Waals surface area contributed by atoms with Gasteiger partial charge in [-0.25, -0.2) is 0 Å². The van der Waals surface area contributed by atoms with Gasteiger partial charge in [0.25, 0.3) is 0 Å². The molecule has 0 bridgehead atoms. The van der Waals surface area contributed by atoms with E-state index in [2.05, 4.69) is 17.1 Å². The van der Waals surface area contributed by atoms with Gasteiger partial charge in [-0.2, -0.15) is 0 Å². The Kier molecular flexibility index (Phi) is 6.46. The van der Waals surface area contributed by atoms with Gasteiger partial charge < -0.3 is 10.2 Å². The summed E-state index contributed by atoms with van der Waals surface area (Å²) in [6.45, 7) is 7.40. The van der Waals surface area contributed by atoms with Gasteiger partial charge in [0, 0.05) is 25.6 Å². The van der Waals surface area contributed by atoms with E-state index in [4.69, 9.17) is 0 Å². The third-order valence-corrected chi connectivity index (χ3v) is 3.49. The molecule has 0 spiro atoms. The van der Waals surface area contributed by atoms with Crippen molar-refractivity contribution >= 4 is 5.91 Å². The van der Waals surface area contributed by atoms with Crippen LogP contribution in [0.1, 0.15) is 52.4 Å². The molecule has 1 N–H and O–H groups in total. The number of carbonyl (C=O) groups excluding carboxylic acids is 1. The lowest BCUT2D eigenvalue weighted by Crippen LogP contribution is -2.40. The lowest BCUT2D eigenvalue weighted by atomic mass is 10.00. The first-order chi connectivity index (χ1) is 7.77. The zero-order chi connectivity index (χ0) is 11.8. The Morgan fingerprint density at radius 1 is 1.38 bits per heavy atom. The molecule has 3 heteroatoms.